The number of nitrogens with zero attached hydrogens (tertiary/aromatic N) is 1. The van der Waals surface area contributed by atoms with Gasteiger partial charge in [0.2, 0.25) is 5.91 Å². The smallest absolute Gasteiger partial charge is 0.417 e. The molecule has 0 N–H and O–H groups in total. The van der Waals surface area contributed by atoms with Crippen LogP contribution in [0.25, 0.3) is 0 Å². The minimum atomic E-state index is -1.14. The number of allylic oxidation sites excluding steroid dienone is 1. The van der Waals surface area contributed by atoms with Crippen molar-refractivity contribution in [3.63, 3.8) is 0 Å². The Bertz CT molecular complexity index is 600. The number of methoxy groups -OCH3 is 1. The van der Waals surface area contributed by atoms with E-state index in [9.17, 15) is 19.2 Å². The molecule has 7 nitrogen and oxygen atoms in total. The third-order valence-corrected chi connectivity index (χ3v) is 3.96. The molecule has 0 bridgehead atoms. The Labute approximate surface area is 134 Å². The van der Waals surface area contributed by atoms with Gasteiger partial charge in [0.15, 0.2) is 5.78 Å². The van der Waals surface area contributed by atoms with Gasteiger partial charge >= 0.3 is 12.1 Å². The predicted octanol–water partition coefficient (Wildman–Crippen LogP) is 1.46. The van der Waals surface area contributed by atoms with E-state index in [1.807, 2.05) is 0 Å². The van der Waals surface area contributed by atoms with Crippen LogP contribution in [-0.4, -0.2) is 47.4 Å². The number of rotatable bonds is 1. The van der Waals surface area contributed by atoms with E-state index < -0.39 is 41.4 Å². The maximum Gasteiger partial charge on any atom is 0.417 e. The number of hydrogen-bond donors (Lipinski definition) is 0. The molecule has 2 rings (SSSR count). The molecule has 2 aliphatic rings. The second kappa shape index (κ2) is 5.79. The van der Waals surface area contributed by atoms with Crippen molar-refractivity contribution in [2.24, 2.45) is 11.8 Å². The van der Waals surface area contributed by atoms with E-state index in [1.165, 1.54) is 13.2 Å². The van der Waals surface area contributed by atoms with Gasteiger partial charge in [-0.05, 0) is 33.8 Å². The fourth-order valence-electron chi connectivity index (χ4n) is 3.16. The van der Waals surface area contributed by atoms with Crippen LogP contribution in [0.1, 0.15) is 34.1 Å². The zero-order valence-corrected chi connectivity index (χ0v) is 13.9. The zero-order valence-electron chi connectivity index (χ0n) is 13.9. The van der Waals surface area contributed by atoms with Crippen molar-refractivity contribution in [3.05, 3.63) is 11.6 Å². The summed E-state index contributed by atoms with van der Waals surface area (Å²) in [5.41, 5.74) is -0.261. The number of carbonyl (C=O) groups is 4. The van der Waals surface area contributed by atoms with Crippen molar-refractivity contribution in [2.75, 3.05) is 7.11 Å². The van der Waals surface area contributed by atoms with E-state index in [0.29, 0.717) is 5.57 Å². The third-order valence-electron chi connectivity index (χ3n) is 3.96. The van der Waals surface area contributed by atoms with E-state index in [4.69, 9.17) is 9.47 Å². The summed E-state index contributed by atoms with van der Waals surface area (Å²) in [6, 6.07) is -1.14. The van der Waals surface area contributed by atoms with Crippen molar-refractivity contribution >= 4 is 23.8 Å². The first-order chi connectivity index (χ1) is 10.6. The van der Waals surface area contributed by atoms with Crippen LogP contribution in [0.15, 0.2) is 11.6 Å². The lowest BCUT2D eigenvalue weighted by atomic mass is 9.77. The van der Waals surface area contributed by atoms with Gasteiger partial charge in [0.1, 0.15) is 11.6 Å². The molecular formula is C16H21NO6. The van der Waals surface area contributed by atoms with Crippen LogP contribution in [0.2, 0.25) is 0 Å². The first-order valence-corrected chi connectivity index (χ1v) is 7.41. The number of likely N-dealkylation sites (tertiary alicyclic amines) is 1. The first kappa shape index (κ1) is 17.2. The number of carbonyl (C=O) groups excluding carboxylic acids is 4. The SMILES string of the molecule is COC(=O)[C@@H]1[C@H]2CC(=O)C=C(C)[C@H]2C(=O)N1C(=O)OC(C)(C)C. The molecule has 1 saturated heterocycles. The van der Waals surface area contributed by atoms with Crippen LogP contribution >= 0.6 is 0 Å². The number of hydrogen-bond acceptors (Lipinski definition) is 6. The Hall–Kier alpha value is -2.18. The Morgan fingerprint density at radius 2 is 1.87 bits per heavy atom. The Balaban J connectivity index is 2.43. The quantitative estimate of drug-likeness (QED) is 0.679. The van der Waals surface area contributed by atoms with Crippen molar-refractivity contribution < 1.29 is 28.7 Å². The number of amides is 2. The molecule has 7 heteroatoms. The van der Waals surface area contributed by atoms with Gasteiger partial charge in [-0.1, -0.05) is 5.57 Å². The number of ketones is 1. The van der Waals surface area contributed by atoms with Gasteiger partial charge in [0.05, 0.1) is 13.0 Å². The zero-order chi connectivity index (χ0) is 17.5. The lowest BCUT2D eigenvalue weighted by molar-refractivity contribution is -0.149. The molecule has 1 aliphatic carbocycles. The van der Waals surface area contributed by atoms with Gasteiger partial charge in [0.25, 0.3) is 0 Å². The molecular weight excluding hydrogens is 302 g/mol. The summed E-state index contributed by atoms with van der Waals surface area (Å²) in [5.74, 6) is -2.71. The average molecular weight is 323 g/mol. The third kappa shape index (κ3) is 3.13. The van der Waals surface area contributed by atoms with E-state index >= 15 is 0 Å². The van der Waals surface area contributed by atoms with E-state index in [-0.39, 0.29) is 12.2 Å². The molecule has 0 radical (unpaired) electrons. The minimum absolute atomic E-state index is 0.0206. The molecule has 0 unspecified atom stereocenters. The highest BCUT2D eigenvalue weighted by atomic mass is 16.6. The fourth-order valence-corrected chi connectivity index (χ4v) is 3.16. The molecule has 0 aromatic carbocycles. The highest BCUT2D eigenvalue weighted by Crippen LogP contribution is 2.41. The molecule has 3 atom stereocenters. The average Bonchev–Trinajstić information content (AvgIpc) is 2.69. The highest BCUT2D eigenvalue weighted by Gasteiger charge is 2.57. The summed E-state index contributed by atoms with van der Waals surface area (Å²) in [5, 5.41) is 0. The van der Waals surface area contributed by atoms with Crippen LogP contribution in [-0.2, 0) is 23.9 Å². The van der Waals surface area contributed by atoms with Crippen LogP contribution in [0, 0.1) is 11.8 Å². The first-order valence-electron chi connectivity index (χ1n) is 7.41. The van der Waals surface area contributed by atoms with Gasteiger partial charge in [-0.2, -0.15) is 0 Å². The maximum absolute atomic E-state index is 12.7. The number of fused-ring (bicyclic) bond motifs is 1. The topological polar surface area (TPSA) is 90.0 Å². The van der Waals surface area contributed by atoms with Crippen LogP contribution in [0.5, 0.6) is 0 Å². The summed E-state index contributed by atoms with van der Waals surface area (Å²) >= 11 is 0. The Kier molecular flexibility index (Phi) is 4.32. The maximum atomic E-state index is 12.7. The monoisotopic (exact) mass is 323 g/mol. The van der Waals surface area contributed by atoms with Gasteiger partial charge in [0, 0.05) is 12.3 Å². The van der Waals surface area contributed by atoms with Crippen LogP contribution in [0.3, 0.4) is 0 Å². The van der Waals surface area contributed by atoms with E-state index in [2.05, 4.69) is 0 Å². The molecule has 126 valence electrons. The van der Waals surface area contributed by atoms with Gasteiger partial charge in [-0.25, -0.2) is 14.5 Å². The molecule has 1 fully saturated rings. The molecule has 0 saturated carbocycles. The molecule has 23 heavy (non-hydrogen) atoms. The summed E-state index contributed by atoms with van der Waals surface area (Å²) < 4.78 is 9.98. The number of ether oxygens (including phenoxy) is 2. The Morgan fingerprint density at radius 3 is 2.39 bits per heavy atom. The van der Waals surface area contributed by atoms with Crippen molar-refractivity contribution in [2.45, 2.75) is 45.8 Å². The molecule has 0 aromatic heterocycles. The lowest BCUT2D eigenvalue weighted by Gasteiger charge is -2.28. The molecule has 0 spiro atoms. The van der Waals surface area contributed by atoms with Crippen molar-refractivity contribution in [1.29, 1.82) is 0 Å². The van der Waals surface area contributed by atoms with Gasteiger partial charge in [-0.3, -0.25) is 9.59 Å². The Morgan fingerprint density at radius 1 is 1.26 bits per heavy atom. The second-order valence-electron chi connectivity index (χ2n) is 6.86. The lowest BCUT2D eigenvalue weighted by Crippen LogP contribution is -2.47. The van der Waals surface area contributed by atoms with E-state index in [0.717, 1.165) is 4.90 Å². The minimum Gasteiger partial charge on any atom is -0.467 e. The second-order valence-corrected chi connectivity index (χ2v) is 6.86. The molecule has 0 aromatic rings. The number of esters is 1. The van der Waals surface area contributed by atoms with Gasteiger partial charge < -0.3 is 9.47 Å². The fraction of sp³-hybridized carbons (Fsp3) is 0.625. The van der Waals surface area contributed by atoms with E-state index in [1.54, 1.807) is 27.7 Å². The number of imide groups is 1. The predicted molar refractivity (Wildman–Crippen MR) is 79.2 cm³/mol. The normalized spacial score (nSPS) is 27.4. The summed E-state index contributed by atoms with van der Waals surface area (Å²) in [7, 11) is 1.18. The highest BCUT2D eigenvalue weighted by molar-refractivity contribution is 6.05. The van der Waals surface area contributed by atoms with Crippen LogP contribution in [0.4, 0.5) is 4.79 Å². The van der Waals surface area contributed by atoms with Gasteiger partial charge in [-0.15, -0.1) is 0 Å². The summed E-state index contributed by atoms with van der Waals surface area (Å²) in [4.78, 5) is 49.9. The largest absolute Gasteiger partial charge is 0.467 e. The molecule has 1 aliphatic heterocycles. The molecule has 1 heterocycles. The van der Waals surface area contributed by atoms with Crippen molar-refractivity contribution in [3.8, 4) is 0 Å². The summed E-state index contributed by atoms with van der Waals surface area (Å²) in [6.07, 6.45) is 0.520. The van der Waals surface area contributed by atoms with Crippen molar-refractivity contribution in [1.82, 2.24) is 4.90 Å². The molecule has 2 amide bonds. The summed E-state index contributed by atoms with van der Waals surface area (Å²) in [6.45, 7) is 6.65. The standard InChI is InChI=1S/C16H21NO6/c1-8-6-9(18)7-10-11(8)13(19)17(12(10)14(20)22-5)15(21)23-16(2,3)4/h6,10-12H,7H2,1-5H3/t10-,11+,12-/m0/s1. The van der Waals surface area contributed by atoms with Crippen LogP contribution < -0.4 is 0 Å².